The average Bonchev–Trinajstić information content (AvgIpc) is 4.00. The Hall–Kier alpha value is -6.06. The van der Waals surface area contributed by atoms with E-state index < -0.39 is 0 Å². The Balaban J connectivity index is 0.801. The van der Waals surface area contributed by atoms with E-state index in [0.29, 0.717) is 36.4 Å². The molecule has 16 nitrogen and oxygen atoms in total. The molecule has 0 aliphatic carbocycles. The second-order valence-corrected chi connectivity index (χ2v) is 12.0. The van der Waals surface area contributed by atoms with Gasteiger partial charge in [0.05, 0.1) is 26.2 Å². The van der Waals surface area contributed by atoms with Crippen molar-refractivity contribution in [3.05, 3.63) is 84.9 Å². The van der Waals surface area contributed by atoms with Gasteiger partial charge in [0.1, 0.15) is 0 Å². The molecule has 0 fully saturated rings. The van der Waals surface area contributed by atoms with E-state index in [1.807, 2.05) is 84.9 Å². The standard InChI is InChI=1S/C34H38N16/c1(11-22-47-39-31(35-43-47)27-16-7-5-8-17-27)3-13-24-49-41-33(37-45-49)29-20-15-21-30(26-29)34-38-46-50(42-34)25-14-4-2-12-23-48-40-32(36-44-48)28-18-9-6-10-19-28/h5-10,15-21,26H,1-4,11-14,22-25H2. The first-order valence-electron chi connectivity index (χ1n) is 17.1. The summed E-state index contributed by atoms with van der Waals surface area (Å²) >= 11 is 0. The monoisotopic (exact) mass is 670 g/mol. The second kappa shape index (κ2) is 16.4. The molecule has 0 radical (unpaired) electrons. The van der Waals surface area contributed by atoms with E-state index in [9.17, 15) is 0 Å². The third-order valence-corrected chi connectivity index (χ3v) is 8.19. The van der Waals surface area contributed by atoms with Crippen molar-refractivity contribution >= 4 is 0 Å². The molecule has 0 unspecified atom stereocenters. The van der Waals surface area contributed by atoms with Crippen LogP contribution in [-0.2, 0) is 26.2 Å². The topological polar surface area (TPSA) is 174 Å². The van der Waals surface area contributed by atoms with Crippen LogP contribution in [0.4, 0.5) is 0 Å². The summed E-state index contributed by atoms with van der Waals surface area (Å²) < 4.78 is 0. The maximum Gasteiger partial charge on any atom is 0.204 e. The lowest BCUT2D eigenvalue weighted by Gasteiger charge is -2.01. The Morgan fingerprint density at radius 1 is 0.320 bits per heavy atom. The molecule has 7 rings (SSSR count). The molecule has 254 valence electrons. The van der Waals surface area contributed by atoms with E-state index in [2.05, 4.69) is 61.6 Å². The highest BCUT2D eigenvalue weighted by Crippen LogP contribution is 2.21. The zero-order valence-electron chi connectivity index (χ0n) is 27.7. The molecule has 0 amide bonds. The van der Waals surface area contributed by atoms with Crippen LogP contribution in [0.2, 0.25) is 0 Å². The minimum atomic E-state index is 0.572. The van der Waals surface area contributed by atoms with Gasteiger partial charge < -0.3 is 0 Å². The van der Waals surface area contributed by atoms with Gasteiger partial charge in [0.15, 0.2) is 0 Å². The molecular weight excluding hydrogens is 632 g/mol. The normalized spacial score (nSPS) is 11.4. The lowest BCUT2D eigenvalue weighted by atomic mass is 10.1. The number of aromatic nitrogens is 16. The van der Waals surface area contributed by atoms with Crippen molar-refractivity contribution in [2.45, 2.75) is 77.5 Å². The van der Waals surface area contributed by atoms with Crippen LogP contribution in [0.25, 0.3) is 45.6 Å². The number of hydrogen-bond donors (Lipinski definition) is 0. The van der Waals surface area contributed by atoms with Crippen molar-refractivity contribution in [3.8, 4) is 45.6 Å². The van der Waals surface area contributed by atoms with Gasteiger partial charge >= 0.3 is 0 Å². The van der Waals surface area contributed by atoms with Crippen LogP contribution < -0.4 is 0 Å². The van der Waals surface area contributed by atoms with Gasteiger partial charge in [-0.25, -0.2) is 0 Å². The third-order valence-electron chi connectivity index (χ3n) is 8.19. The predicted octanol–water partition coefficient (Wildman–Crippen LogP) is 4.82. The zero-order valence-corrected chi connectivity index (χ0v) is 27.7. The summed E-state index contributed by atoms with van der Waals surface area (Å²) in [5.41, 5.74) is 3.66. The van der Waals surface area contributed by atoms with Gasteiger partial charge in [-0.1, -0.05) is 105 Å². The second-order valence-electron chi connectivity index (χ2n) is 12.0. The minimum absolute atomic E-state index is 0.572. The first kappa shape index (κ1) is 32.5. The van der Waals surface area contributed by atoms with Gasteiger partial charge in [0.2, 0.25) is 23.3 Å². The summed E-state index contributed by atoms with van der Waals surface area (Å²) in [5, 5.41) is 52.0. The van der Waals surface area contributed by atoms with Crippen molar-refractivity contribution in [2.75, 3.05) is 0 Å². The first-order valence-corrected chi connectivity index (χ1v) is 17.1. The zero-order chi connectivity index (χ0) is 33.8. The summed E-state index contributed by atoms with van der Waals surface area (Å²) in [6, 6.07) is 27.6. The van der Waals surface area contributed by atoms with Crippen LogP contribution in [0.1, 0.15) is 51.4 Å². The molecule has 16 heteroatoms. The Labute approximate surface area is 288 Å². The maximum absolute atomic E-state index is 4.60. The van der Waals surface area contributed by atoms with E-state index in [1.165, 1.54) is 0 Å². The Bertz CT molecular complexity index is 1900. The number of rotatable bonds is 18. The van der Waals surface area contributed by atoms with Gasteiger partial charge in [0.25, 0.3) is 0 Å². The fourth-order valence-corrected chi connectivity index (χ4v) is 5.51. The van der Waals surface area contributed by atoms with Crippen molar-refractivity contribution < 1.29 is 0 Å². The fourth-order valence-electron chi connectivity index (χ4n) is 5.51. The number of benzene rings is 3. The summed E-state index contributed by atoms with van der Waals surface area (Å²) in [7, 11) is 0. The van der Waals surface area contributed by atoms with Crippen molar-refractivity contribution in [1.82, 2.24) is 80.8 Å². The molecular formula is C34H38N16. The molecule has 3 aromatic carbocycles. The van der Waals surface area contributed by atoms with Crippen molar-refractivity contribution in [1.29, 1.82) is 0 Å². The summed E-state index contributed by atoms with van der Waals surface area (Å²) in [6.45, 7) is 2.89. The van der Waals surface area contributed by atoms with Gasteiger partial charge in [-0.15, -0.1) is 40.8 Å². The van der Waals surface area contributed by atoms with Crippen molar-refractivity contribution in [2.24, 2.45) is 0 Å². The minimum Gasteiger partial charge on any atom is -0.164 e. The number of unbranched alkanes of at least 4 members (excludes halogenated alkanes) is 6. The number of hydrogen-bond acceptors (Lipinski definition) is 12. The molecule has 50 heavy (non-hydrogen) atoms. The van der Waals surface area contributed by atoms with Crippen LogP contribution in [0.5, 0.6) is 0 Å². The first-order chi connectivity index (χ1) is 24.8. The molecule has 0 saturated heterocycles. The average molecular weight is 671 g/mol. The lowest BCUT2D eigenvalue weighted by Crippen LogP contribution is -2.04. The van der Waals surface area contributed by atoms with E-state index in [-0.39, 0.29) is 0 Å². The molecule has 0 saturated carbocycles. The molecule has 7 aromatic rings. The molecule has 4 aromatic heterocycles. The molecule has 0 N–H and O–H groups in total. The van der Waals surface area contributed by atoms with Crippen LogP contribution in [0.3, 0.4) is 0 Å². The lowest BCUT2D eigenvalue weighted by molar-refractivity contribution is 0.449. The molecule has 0 atom stereocenters. The van der Waals surface area contributed by atoms with E-state index >= 15 is 0 Å². The van der Waals surface area contributed by atoms with Crippen LogP contribution >= 0.6 is 0 Å². The van der Waals surface area contributed by atoms with E-state index in [1.54, 1.807) is 19.2 Å². The highest BCUT2D eigenvalue weighted by Gasteiger charge is 2.12. The van der Waals surface area contributed by atoms with E-state index in [4.69, 9.17) is 0 Å². The Morgan fingerprint density at radius 3 is 0.960 bits per heavy atom. The third kappa shape index (κ3) is 8.69. The van der Waals surface area contributed by atoms with Crippen LogP contribution in [0.15, 0.2) is 84.9 Å². The summed E-state index contributed by atoms with van der Waals surface area (Å²) in [4.78, 5) is 6.66. The molecule has 0 aliphatic heterocycles. The summed E-state index contributed by atoms with van der Waals surface area (Å²) in [6.07, 6.45) is 8.07. The molecule has 0 bridgehead atoms. The maximum atomic E-state index is 4.60. The van der Waals surface area contributed by atoms with Gasteiger partial charge in [0, 0.05) is 22.3 Å². The van der Waals surface area contributed by atoms with Crippen molar-refractivity contribution in [3.63, 3.8) is 0 Å². The quantitative estimate of drug-likeness (QED) is 0.114. The highest BCUT2D eigenvalue weighted by molar-refractivity contribution is 5.65. The summed E-state index contributed by atoms with van der Waals surface area (Å²) in [5.74, 6) is 2.45. The van der Waals surface area contributed by atoms with Gasteiger partial charge in [-0.2, -0.15) is 19.2 Å². The highest BCUT2D eigenvalue weighted by atomic mass is 15.6. The Kier molecular flexibility index (Phi) is 10.6. The predicted molar refractivity (Wildman–Crippen MR) is 184 cm³/mol. The van der Waals surface area contributed by atoms with Gasteiger partial charge in [-0.3, -0.25) is 0 Å². The largest absolute Gasteiger partial charge is 0.204 e. The fraction of sp³-hybridized carbons (Fsp3) is 0.353. The number of tetrazole rings is 4. The van der Waals surface area contributed by atoms with Crippen LogP contribution in [0, 0.1) is 0 Å². The van der Waals surface area contributed by atoms with Crippen LogP contribution in [-0.4, -0.2) is 80.8 Å². The van der Waals surface area contributed by atoms with E-state index in [0.717, 1.165) is 86.7 Å². The molecule has 0 spiro atoms. The molecule has 4 heterocycles. The SMILES string of the molecule is c1ccc(-c2nnn(CCCCCCn3nnc(-c4cccc(-c5nnn(CCCCCCn6nnc(-c7ccccc7)n6)n5)c4)n3)n2)cc1. The number of nitrogens with zero attached hydrogens (tertiary/aromatic N) is 16. The Morgan fingerprint density at radius 2 is 0.620 bits per heavy atom. The molecule has 0 aliphatic rings. The number of aryl methyl sites for hydroxylation is 4. The van der Waals surface area contributed by atoms with Gasteiger partial charge in [-0.05, 0) is 52.6 Å². The smallest absolute Gasteiger partial charge is 0.164 e.